The third kappa shape index (κ3) is 2.16. The van der Waals surface area contributed by atoms with Gasteiger partial charge in [0.05, 0.1) is 6.10 Å². The van der Waals surface area contributed by atoms with Crippen molar-refractivity contribution in [2.24, 2.45) is 7.05 Å². The van der Waals surface area contributed by atoms with Crippen LogP contribution in [0.1, 0.15) is 17.5 Å². The Kier molecular flexibility index (Phi) is 3.20. The van der Waals surface area contributed by atoms with E-state index in [4.69, 9.17) is 0 Å². The summed E-state index contributed by atoms with van der Waals surface area (Å²) in [7, 11) is 1.78. The Bertz CT molecular complexity index is 754. The van der Waals surface area contributed by atoms with Crippen molar-refractivity contribution in [1.29, 1.82) is 0 Å². The second-order valence-electron chi connectivity index (χ2n) is 4.70. The van der Waals surface area contributed by atoms with E-state index >= 15 is 0 Å². The van der Waals surface area contributed by atoms with Crippen LogP contribution >= 0.6 is 0 Å². The highest BCUT2D eigenvalue weighted by Crippen LogP contribution is 2.28. The van der Waals surface area contributed by atoms with E-state index in [0.717, 1.165) is 5.39 Å². The van der Waals surface area contributed by atoms with Crippen molar-refractivity contribution in [3.63, 3.8) is 0 Å². The smallest absolute Gasteiger partial charge is 0.138 e. The molecule has 1 atom stereocenters. The maximum Gasteiger partial charge on any atom is 0.138 e. The maximum absolute atomic E-state index is 13.8. The quantitative estimate of drug-likeness (QED) is 0.795. The van der Waals surface area contributed by atoms with Gasteiger partial charge in [-0.15, -0.1) is 0 Å². The second-order valence-corrected chi connectivity index (χ2v) is 4.70. The van der Waals surface area contributed by atoms with Crippen molar-refractivity contribution in [3.05, 3.63) is 59.9 Å². The lowest BCUT2D eigenvalue weighted by molar-refractivity contribution is 0.176. The lowest BCUT2D eigenvalue weighted by Crippen LogP contribution is -2.08. The number of rotatable bonds is 3. The standard InChI is InChI=1S/C15H14FN3O/c1-19-15(17-9-18-19)8-14(20)12-6-7-13(16)11-5-3-2-4-10(11)12/h2-7,9,14,20H,8H2,1H3. The van der Waals surface area contributed by atoms with Gasteiger partial charge in [0.2, 0.25) is 0 Å². The molecule has 0 amide bonds. The Balaban J connectivity index is 2.02. The predicted molar refractivity (Wildman–Crippen MR) is 73.6 cm³/mol. The van der Waals surface area contributed by atoms with E-state index in [1.54, 1.807) is 29.9 Å². The average Bonchev–Trinajstić information content (AvgIpc) is 2.85. The molecule has 0 aliphatic heterocycles. The van der Waals surface area contributed by atoms with Crippen LogP contribution in [-0.4, -0.2) is 19.9 Å². The lowest BCUT2D eigenvalue weighted by Gasteiger charge is -2.13. The van der Waals surface area contributed by atoms with Gasteiger partial charge in [-0.1, -0.05) is 30.3 Å². The summed E-state index contributed by atoms with van der Waals surface area (Å²) in [5.74, 6) is 0.404. The van der Waals surface area contributed by atoms with E-state index in [9.17, 15) is 9.50 Å². The normalized spacial score (nSPS) is 12.8. The van der Waals surface area contributed by atoms with Crippen molar-refractivity contribution in [2.75, 3.05) is 0 Å². The molecule has 1 aromatic heterocycles. The van der Waals surface area contributed by atoms with E-state index in [0.29, 0.717) is 23.2 Å². The molecule has 0 bridgehead atoms. The SMILES string of the molecule is Cn1ncnc1CC(O)c1ccc(F)c2ccccc12. The largest absolute Gasteiger partial charge is 0.388 e. The summed E-state index contributed by atoms with van der Waals surface area (Å²) >= 11 is 0. The molecular weight excluding hydrogens is 257 g/mol. The van der Waals surface area contributed by atoms with Crippen molar-refractivity contribution >= 4 is 10.8 Å². The first-order valence-corrected chi connectivity index (χ1v) is 6.35. The second kappa shape index (κ2) is 5.02. The summed E-state index contributed by atoms with van der Waals surface area (Å²) in [5.41, 5.74) is 0.699. The van der Waals surface area contributed by atoms with Crippen molar-refractivity contribution < 1.29 is 9.50 Å². The number of benzene rings is 2. The summed E-state index contributed by atoms with van der Waals surface area (Å²) in [4.78, 5) is 4.10. The van der Waals surface area contributed by atoms with Crippen molar-refractivity contribution in [1.82, 2.24) is 14.8 Å². The van der Waals surface area contributed by atoms with Gasteiger partial charge >= 0.3 is 0 Å². The first-order chi connectivity index (χ1) is 9.66. The van der Waals surface area contributed by atoms with Gasteiger partial charge in [-0.3, -0.25) is 4.68 Å². The Morgan fingerprint density at radius 1 is 1.20 bits per heavy atom. The van der Waals surface area contributed by atoms with Crippen LogP contribution in [0.4, 0.5) is 4.39 Å². The molecule has 1 N–H and O–H groups in total. The van der Waals surface area contributed by atoms with Gasteiger partial charge in [0.25, 0.3) is 0 Å². The monoisotopic (exact) mass is 271 g/mol. The first-order valence-electron chi connectivity index (χ1n) is 6.35. The van der Waals surface area contributed by atoms with E-state index in [1.807, 2.05) is 12.1 Å². The van der Waals surface area contributed by atoms with Crippen molar-refractivity contribution in [3.8, 4) is 0 Å². The van der Waals surface area contributed by atoms with Crippen LogP contribution in [0.25, 0.3) is 10.8 Å². The molecule has 0 fully saturated rings. The molecule has 3 aromatic rings. The van der Waals surface area contributed by atoms with Crippen LogP contribution in [-0.2, 0) is 13.5 Å². The molecule has 4 nitrogen and oxygen atoms in total. The molecule has 20 heavy (non-hydrogen) atoms. The van der Waals surface area contributed by atoms with Crippen LogP contribution in [0.3, 0.4) is 0 Å². The molecule has 0 saturated carbocycles. The lowest BCUT2D eigenvalue weighted by atomic mass is 9.98. The fraction of sp³-hybridized carbons (Fsp3) is 0.200. The molecule has 1 heterocycles. The Morgan fingerprint density at radius 2 is 1.95 bits per heavy atom. The summed E-state index contributed by atoms with van der Waals surface area (Å²) in [6.07, 6.45) is 1.04. The average molecular weight is 271 g/mol. The van der Waals surface area contributed by atoms with Gasteiger partial charge in [0.15, 0.2) is 0 Å². The minimum atomic E-state index is -0.747. The number of aryl methyl sites for hydroxylation is 1. The van der Waals surface area contributed by atoms with Crippen LogP contribution < -0.4 is 0 Å². The molecule has 0 spiro atoms. The molecule has 3 rings (SSSR count). The van der Waals surface area contributed by atoms with Crippen molar-refractivity contribution in [2.45, 2.75) is 12.5 Å². The number of aliphatic hydroxyl groups is 1. The minimum Gasteiger partial charge on any atom is -0.388 e. The highest BCUT2D eigenvalue weighted by molar-refractivity contribution is 5.86. The summed E-state index contributed by atoms with van der Waals surface area (Å²) in [6.45, 7) is 0. The van der Waals surface area contributed by atoms with E-state index in [-0.39, 0.29) is 5.82 Å². The number of hydrogen-bond acceptors (Lipinski definition) is 3. The summed E-state index contributed by atoms with van der Waals surface area (Å²) in [6, 6.07) is 10.2. The van der Waals surface area contributed by atoms with Gasteiger partial charge in [0, 0.05) is 18.9 Å². The van der Waals surface area contributed by atoms with Crippen LogP contribution in [0, 0.1) is 5.82 Å². The highest BCUT2D eigenvalue weighted by atomic mass is 19.1. The molecule has 102 valence electrons. The fourth-order valence-electron chi connectivity index (χ4n) is 2.36. The van der Waals surface area contributed by atoms with Gasteiger partial charge in [-0.25, -0.2) is 9.37 Å². The predicted octanol–water partition coefficient (Wildman–Crippen LogP) is 2.38. The molecule has 1 unspecified atom stereocenters. The zero-order valence-corrected chi connectivity index (χ0v) is 11.0. The first kappa shape index (κ1) is 12.7. The molecule has 2 aromatic carbocycles. The molecular formula is C15H14FN3O. The highest BCUT2D eigenvalue weighted by Gasteiger charge is 2.16. The Morgan fingerprint density at radius 3 is 2.65 bits per heavy atom. The third-order valence-corrected chi connectivity index (χ3v) is 3.44. The summed E-state index contributed by atoms with van der Waals surface area (Å²) in [5, 5.41) is 15.6. The third-order valence-electron chi connectivity index (χ3n) is 3.44. The number of aliphatic hydroxyl groups excluding tert-OH is 1. The van der Waals surface area contributed by atoms with Gasteiger partial charge in [0.1, 0.15) is 18.0 Å². The van der Waals surface area contributed by atoms with E-state index < -0.39 is 6.10 Å². The zero-order chi connectivity index (χ0) is 14.1. The molecule has 0 saturated heterocycles. The van der Waals surface area contributed by atoms with Crippen LogP contribution in [0.5, 0.6) is 0 Å². The molecule has 0 aliphatic carbocycles. The maximum atomic E-state index is 13.8. The Labute approximate surface area is 115 Å². The number of nitrogens with zero attached hydrogens (tertiary/aromatic N) is 3. The van der Waals surface area contributed by atoms with Crippen LogP contribution in [0.2, 0.25) is 0 Å². The topological polar surface area (TPSA) is 50.9 Å². The van der Waals surface area contributed by atoms with Gasteiger partial charge in [-0.05, 0) is 17.0 Å². The minimum absolute atomic E-state index is 0.282. The number of halogens is 1. The van der Waals surface area contributed by atoms with Gasteiger partial charge < -0.3 is 5.11 Å². The molecule has 0 radical (unpaired) electrons. The van der Waals surface area contributed by atoms with E-state index in [1.165, 1.54) is 12.4 Å². The van der Waals surface area contributed by atoms with Crippen LogP contribution in [0.15, 0.2) is 42.7 Å². The van der Waals surface area contributed by atoms with E-state index in [2.05, 4.69) is 10.1 Å². The summed E-state index contributed by atoms with van der Waals surface area (Å²) < 4.78 is 15.4. The molecule has 0 aliphatic rings. The molecule has 5 heteroatoms. The fourth-order valence-corrected chi connectivity index (χ4v) is 2.36. The number of fused-ring (bicyclic) bond motifs is 1. The number of aromatic nitrogens is 3. The zero-order valence-electron chi connectivity index (χ0n) is 11.0. The Hall–Kier alpha value is -2.27. The van der Waals surface area contributed by atoms with Gasteiger partial charge in [-0.2, -0.15) is 5.10 Å². The number of hydrogen-bond donors (Lipinski definition) is 1.